The zero-order valence-corrected chi connectivity index (χ0v) is 17.7. The summed E-state index contributed by atoms with van der Waals surface area (Å²) in [6, 6.07) is 8.72. The molecule has 1 amide bonds. The summed E-state index contributed by atoms with van der Waals surface area (Å²) in [4.78, 5) is 29.2. The van der Waals surface area contributed by atoms with E-state index in [9.17, 15) is 14.0 Å². The summed E-state index contributed by atoms with van der Waals surface area (Å²) in [6.45, 7) is 7.68. The number of fused-ring (bicyclic) bond motifs is 1. The number of amides is 1. The Bertz CT molecular complexity index is 1140. The number of ether oxygens (including phenoxy) is 1. The number of thiazole rings is 1. The lowest BCUT2D eigenvalue weighted by Gasteiger charge is -2.09. The van der Waals surface area contributed by atoms with Crippen LogP contribution in [0.2, 0.25) is 0 Å². The Morgan fingerprint density at radius 1 is 1.17 bits per heavy atom. The summed E-state index contributed by atoms with van der Waals surface area (Å²) >= 11 is 1.18. The monoisotopic (exact) mass is 414 g/mol. The second-order valence-corrected chi connectivity index (χ2v) is 7.93. The van der Waals surface area contributed by atoms with Crippen LogP contribution in [0.3, 0.4) is 0 Å². The van der Waals surface area contributed by atoms with Crippen molar-refractivity contribution in [2.24, 2.45) is 4.99 Å². The first-order valence-electron chi connectivity index (χ1n) is 9.38. The fourth-order valence-corrected chi connectivity index (χ4v) is 4.50. The van der Waals surface area contributed by atoms with Crippen LogP contribution in [0, 0.1) is 26.6 Å². The van der Waals surface area contributed by atoms with Crippen LogP contribution in [0.15, 0.2) is 35.3 Å². The summed E-state index contributed by atoms with van der Waals surface area (Å²) < 4.78 is 21.5. The third kappa shape index (κ3) is 4.62. The van der Waals surface area contributed by atoms with Gasteiger partial charge in [0.05, 0.1) is 23.2 Å². The van der Waals surface area contributed by atoms with Crippen molar-refractivity contribution in [3.63, 3.8) is 0 Å². The molecule has 0 fully saturated rings. The molecule has 152 valence electrons. The highest BCUT2D eigenvalue weighted by molar-refractivity contribution is 7.16. The van der Waals surface area contributed by atoms with Crippen LogP contribution in [-0.2, 0) is 27.3 Å². The fraction of sp³-hybridized carbons (Fsp3) is 0.318. The Kier molecular flexibility index (Phi) is 6.27. The van der Waals surface area contributed by atoms with Crippen LogP contribution in [0.4, 0.5) is 4.39 Å². The second kappa shape index (κ2) is 8.69. The summed E-state index contributed by atoms with van der Waals surface area (Å²) in [5.74, 6) is -1.32. The van der Waals surface area contributed by atoms with Gasteiger partial charge in [-0.25, -0.2) is 4.39 Å². The first-order valence-corrected chi connectivity index (χ1v) is 10.2. The van der Waals surface area contributed by atoms with E-state index >= 15 is 0 Å². The first kappa shape index (κ1) is 20.9. The molecule has 3 rings (SSSR count). The van der Waals surface area contributed by atoms with Crippen LogP contribution in [-0.4, -0.2) is 23.1 Å². The predicted molar refractivity (Wildman–Crippen MR) is 111 cm³/mol. The summed E-state index contributed by atoms with van der Waals surface area (Å²) in [5.41, 5.74) is 4.40. The Balaban J connectivity index is 2.04. The molecular weight excluding hydrogens is 391 g/mol. The van der Waals surface area contributed by atoms with Gasteiger partial charge in [-0.15, -0.1) is 0 Å². The molecule has 0 N–H and O–H groups in total. The van der Waals surface area contributed by atoms with E-state index in [1.54, 1.807) is 19.1 Å². The number of esters is 1. The largest absolute Gasteiger partial charge is 0.465 e. The highest BCUT2D eigenvalue weighted by Crippen LogP contribution is 2.21. The Hall–Kier alpha value is -2.80. The minimum Gasteiger partial charge on any atom is -0.465 e. The average Bonchev–Trinajstić information content (AvgIpc) is 2.96. The van der Waals surface area contributed by atoms with Crippen molar-refractivity contribution in [2.45, 2.75) is 40.7 Å². The molecule has 0 bridgehead atoms. The quantitative estimate of drug-likeness (QED) is 0.593. The molecule has 1 aromatic heterocycles. The lowest BCUT2D eigenvalue weighted by Crippen LogP contribution is -2.23. The zero-order valence-electron chi connectivity index (χ0n) is 16.9. The van der Waals surface area contributed by atoms with Crippen LogP contribution in [0.1, 0.15) is 29.2 Å². The Morgan fingerprint density at radius 2 is 1.86 bits per heavy atom. The molecule has 0 saturated heterocycles. The molecule has 0 spiro atoms. The first-order chi connectivity index (χ1) is 13.8. The van der Waals surface area contributed by atoms with E-state index in [2.05, 4.69) is 4.99 Å². The van der Waals surface area contributed by atoms with Gasteiger partial charge in [0.1, 0.15) is 12.4 Å². The van der Waals surface area contributed by atoms with Gasteiger partial charge in [-0.05, 0) is 56.5 Å². The lowest BCUT2D eigenvalue weighted by atomic mass is 9.97. The highest BCUT2D eigenvalue weighted by atomic mass is 32.1. The number of halogens is 1. The molecule has 3 aromatic rings. The van der Waals surface area contributed by atoms with Gasteiger partial charge in [0.25, 0.3) is 5.91 Å². The summed E-state index contributed by atoms with van der Waals surface area (Å²) in [6.07, 6.45) is 0.147. The molecule has 0 saturated carbocycles. The number of aromatic nitrogens is 1. The van der Waals surface area contributed by atoms with Gasteiger partial charge in [0, 0.05) is 0 Å². The van der Waals surface area contributed by atoms with Crippen LogP contribution in [0.25, 0.3) is 10.2 Å². The number of rotatable bonds is 5. The Labute approximate surface area is 172 Å². The van der Waals surface area contributed by atoms with E-state index < -0.39 is 11.8 Å². The third-order valence-corrected chi connectivity index (χ3v) is 5.68. The van der Waals surface area contributed by atoms with Crippen molar-refractivity contribution in [1.82, 2.24) is 4.57 Å². The molecule has 0 radical (unpaired) electrons. The number of hydrogen-bond donors (Lipinski definition) is 0. The van der Waals surface area contributed by atoms with E-state index in [1.807, 2.05) is 32.9 Å². The van der Waals surface area contributed by atoms with Crippen molar-refractivity contribution < 1.29 is 18.7 Å². The number of hydrogen-bond acceptors (Lipinski definition) is 4. The zero-order chi connectivity index (χ0) is 21.1. The smallest absolute Gasteiger partial charge is 0.326 e. The van der Waals surface area contributed by atoms with Gasteiger partial charge in [-0.1, -0.05) is 35.1 Å². The Morgan fingerprint density at radius 3 is 2.52 bits per heavy atom. The fourth-order valence-electron chi connectivity index (χ4n) is 3.44. The number of benzene rings is 2. The summed E-state index contributed by atoms with van der Waals surface area (Å²) in [7, 11) is 0. The maximum absolute atomic E-state index is 14.4. The van der Waals surface area contributed by atoms with Crippen molar-refractivity contribution in [3.8, 4) is 0 Å². The second-order valence-electron chi connectivity index (χ2n) is 6.92. The molecule has 0 aliphatic carbocycles. The third-order valence-electron chi connectivity index (χ3n) is 4.63. The minimum absolute atomic E-state index is 0.147. The maximum Gasteiger partial charge on any atom is 0.326 e. The number of carbonyl (C=O) groups is 2. The van der Waals surface area contributed by atoms with E-state index in [4.69, 9.17) is 4.74 Å². The molecule has 5 nitrogen and oxygen atoms in total. The van der Waals surface area contributed by atoms with Crippen molar-refractivity contribution in [3.05, 3.63) is 63.2 Å². The summed E-state index contributed by atoms with van der Waals surface area (Å²) in [5, 5.41) is 0. The van der Waals surface area contributed by atoms with E-state index in [0.29, 0.717) is 4.70 Å². The van der Waals surface area contributed by atoms with Crippen LogP contribution < -0.4 is 4.80 Å². The van der Waals surface area contributed by atoms with Gasteiger partial charge in [0.2, 0.25) is 0 Å². The molecule has 29 heavy (non-hydrogen) atoms. The van der Waals surface area contributed by atoms with Crippen molar-refractivity contribution in [1.29, 1.82) is 0 Å². The van der Waals surface area contributed by atoms with E-state index in [0.717, 1.165) is 22.3 Å². The predicted octanol–water partition coefficient (Wildman–Crippen LogP) is 4.00. The standard InChI is InChI=1S/C22H23FN2O3S/c1-5-28-20(27)12-25-21-17(23)7-6-8-18(21)29-22(25)24-19(26)11-16-14(3)9-13(2)10-15(16)4/h6-10H,5,11-12H2,1-4H3. The normalized spacial score (nSPS) is 11.8. The number of para-hydroxylation sites is 1. The SMILES string of the molecule is CCOC(=O)Cn1c(=NC(=O)Cc2c(C)cc(C)cc2C)sc2cccc(F)c21. The van der Waals surface area contributed by atoms with Gasteiger partial charge >= 0.3 is 5.97 Å². The van der Waals surface area contributed by atoms with Crippen molar-refractivity contribution in [2.75, 3.05) is 6.61 Å². The molecule has 1 heterocycles. The number of nitrogens with zero attached hydrogens (tertiary/aromatic N) is 2. The lowest BCUT2D eigenvalue weighted by molar-refractivity contribution is -0.143. The molecule has 0 aliphatic heterocycles. The molecule has 0 atom stereocenters. The van der Waals surface area contributed by atoms with Crippen LogP contribution in [0.5, 0.6) is 0 Å². The number of carbonyl (C=O) groups excluding carboxylic acids is 2. The van der Waals surface area contributed by atoms with E-state index in [1.165, 1.54) is 22.0 Å². The molecule has 7 heteroatoms. The molecular formula is C22H23FN2O3S. The number of aryl methyl sites for hydroxylation is 3. The van der Waals surface area contributed by atoms with E-state index in [-0.39, 0.29) is 35.8 Å². The van der Waals surface area contributed by atoms with Gasteiger partial charge in [0.15, 0.2) is 4.80 Å². The maximum atomic E-state index is 14.4. The minimum atomic E-state index is -0.505. The molecule has 2 aromatic carbocycles. The van der Waals surface area contributed by atoms with Crippen LogP contribution >= 0.6 is 11.3 Å². The molecule has 0 unspecified atom stereocenters. The topological polar surface area (TPSA) is 60.7 Å². The van der Waals surface area contributed by atoms with Crippen molar-refractivity contribution >= 4 is 33.4 Å². The highest BCUT2D eigenvalue weighted by Gasteiger charge is 2.16. The average molecular weight is 415 g/mol. The van der Waals surface area contributed by atoms with Gasteiger partial charge < -0.3 is 9.30 Å². The van der Waals surface area contributed by atoms with Gasteiger partial charge in [-0.2, -0.15) is 4.99 Å². The molecule has 0 aliphatic rings. The van der Waals surface area contributed by atoms with Gasteiger partial charge in [-0.3, -0.25) is 9.59 Å².